The molecule has 2 aliphatic rings. The average molecular weight is 320 g/mol. The molecular weight excluding hydrogens is 292 g/mol. The minimum absolute atomic E-state index is 0.105. The molecule has 1 aliphatic heterocycles. The number of ether oxygens (including phenoxy) is 1. The molecule has 0 bridgehead atoms. The van der Waals surface area contributed by atoms with Crippen LogP contribution in [0.2, 0.25) is 0 Å². The lowest BCUT2D eigenvalue weighted by molar-refractivity contribution is -0.127. The molecule has 0 aromatic carbocycles. The number of aryl methyl sites for hydroxylation is 1. The standard InChI is InChI=1S/C17H28N4O2/c1-4-21-11-13(9-19-21)16-14(7-8-23-16)17(22)18-10-15(20(2)3)12-5-6-12/h9,11-12,14-16H,4-8,10H2,1-3H3,(H,18,22)/t14-,15+,16+/m0/s1. The Morgan fingerprint density at radius 2 is 2.26 bits per heavy atom. The first-order valence-electron chi connectivity index (χ1n) is 8.68. The largest absolute Gasteiger partial charge is 0.373 e. The van der Waals surface area contributed by atoms with Crippen LogP contribution in [0.5, 0.6) is 0 Å². The molecule has 1 saturated heterocycles. The van der Waals surface area contributed by atoms with Crippen LogP contribution in [0.4, 0.5) is 0 Å². The van der Waals surface area contributed by atoms with Crippen molar-refractivity contribution < 1.29 is 9.53 Å². The predicted octanol–water partition coefficient (Wildman–Crippen LogP) is 1.44. The van der Waals surface area contributed by atoms with Gasteiger partial charge in [0.05, 0.1) is 18.2 Å². The monoisotopic (exact) mass is 320 g/mol. The van der Waals surface area contributed by atoms with E-state index in [0.29, 0.717) is 12.6 Å². The molecule has 1 aliphatic carbocycles. The Morgan fingerprint density at radius 3 is 2.87 bits per heavy atom. The van der Waals surface area contributed by atoms with Crippen molar-refractivity contribution in [2.45, 2.75) is 44.9 Å². The summed E-state index contributed by atoms with van der Waals surface area (Å²) in [7, 11) is 4.19. The Labute approximate surface area is 138 Å². The number of hydrogen-bond acceptors (Lipinski definition) is 4. The molecule has 23 heavy (non-hydrogen) atoms. The van der Waals surface area contributed by atoms with E-state index in [-0.39, 0.29) is 17.9 Å². The summed E-state index contributed by atoms with van der Waals surface area (Å²) < 4.78 is 7.70. The second kappa shape index (κ2) is 7.01. The fourth-order valence-electron chi connectivity index (χ4n) is 3.47. The van der Waals surface area contributed by atoms with Gasteiger partial charge in [0.2, 0.25) is 5.91 Å². The number of amides is 1. The summed E-state index contributed by atoms with van der Waals surface area (Å²) in [5.41, 5.74) is 1.01. The summed E-state index contributed by atoms with van der Waals surface area (Å²) in [4.78, 5) is 14.9. The van der Waals surface area contributed by atoms with E-state index in [4.69, 9.17) is 4.74 Å². The van der Waals surface area contributed by atoms with Gasteiger partial charge in [-0.1, -0.05) is 0 Å². The topological polar surface area (TPSA) is 59.4 Å². The molecule has 1 saturated carbocycles. The van der Waals surface area contributed by atoms with Gasteiger partial charge in [0.15, 0.2) is 0 Å². The van der Waals surface area contributed by atoms with Crippen molar-refractivity contribution in [1.29, 1.82) is 0 Å². The number of nitrogens with one attached hydrogen (secondary N) is 1. The van der Waals surface area contributed by atoms with Gasteiger partial charge in [0.1, 0.15) is 0 Å². The molecule has 0 spiro atoms. The number of likely N-dealkylation sites (N-methyl/N-ethyl adjacent to an activating group) is 1. The van der Waals surface area contributed by atoms with Crippen molar-refractivity contribution in [2.75, 3.05) is 27.2 Å². The van der Waals surface area contributed by atoms with Crippen molar-refractivity contribution in [1.82, 2.24) is 20.0 Å². The van der Waals surface area contributed by atoms with Crippen LogP contribution >= 0.6 is 0 Å². The van der Waals surface area contributed by atoms with Gasteiger partial charge in [-0.3, -0.25) is 9.48 Å². The summed E-state index contributed by atoms with van der Waals surface area (Å²) >= 11 is 0. The van der Waals surface area contributed by atoms with Crippen LogP contribution in [-0.2, 0) is 16.1 Å². The van der Waals surface area contributed by atoms with Crippen molar-refractivity contribution in [3.8, 4) is 0 Å². The third-order valence-electron chi connectivity index (χ3n) is 5.05. The van der Waals surface area contributed by atoms with E-state index >= 15 is 0 Å². The number of aromatic nitrogens is 2. The van der Waals surface area contributed by atoms with Gasteiger partial charge in [-0.15, -0.1) is 0 Å². The van der Waals surface area contributed by atoms with Gasteiger partial charge >= 0.3 is 0 Å². The minimum Gasteiger partial charge on any atom is -0.373 e. The zero-order valence-corrected chi connectivity index (χ0v) is 14.4. The van der Waals surface area contributed by atoms with E-state index in [1.807, 2.05) is 17.1 Å². The smallest absolute Gasteiger partial charge is 0.226 e. The highest BCUT2D eigenvalue weighted by atomic mass is 16.5. The van der Waals surface area contributed by atoms with Crippen LogP contribution in [0.1, 0.15) is 37.9 Å². The molecule has 3 atom stereocenters. The second-order valence-corrected chi connectivity index (χ2v) is 6.93. The maximum atomic E-state index is 12.6. The molecular formula is C17H28N4O2. The van der Waals surface area contributed by atoms with E-state index in [1.165, 1.54) is 12.8 Å². The zero-order valence-electron chi connectivity index (χ0n) is 14.4. The van der Waals surface area contributed by atoms with E-state index in [0.717, 1.165) is 31.0 Å². The van der Waals surface area contributed by atoms with Gasteiger partial charge in [0.25, 0.3) is 0 Å². The lowest BCUT2D eigenvalue weighted by Crippen LogP contribution is -2.43. The van der Waals surface area contributed by atoms with Gasteiger partial charge in [-0.05, 0) is 46.2 Å². The summed E-state index contributed by atoms with van der Waals surface area (Å²) in [6.07, 6.45) is 7.00. The molecule has 1 aromatic heterocycles. The molecule has 3 rings (SSSR count). The molecule has 2 fully saturated rings. The second-order valence-electron chi connectivity index (χ2n) is 6.93. The van der Waals surface area contributed by atoms with Crippen LogP contribution in [0.3, 0.4) is 0 Å². The SMILES string of the molecule is CCn1cc([C@H]2OCC[C@@H]2C(=O)NC[C@H](C2CC2)N(C)C)cn1. The third-order valence-corrected chi connectivity index (χ3v) is 5.05. The molecule has 1 amide bonds. The quantitative estimate of drug-likeness (QED) is 0.826. The van der Waals surface area contributed by atoms with Gasteiger partial charge in [-0.2, -0.15) is 5.10 Å². The zero-order chi connectivity index (χ0) is 16.4. The maximum Gasteiger partial charge on any atom is 0.226 e. The highest BCUT2D eigenvalue weighted by Crippen LogP contribution is 2.36. The number of nitrogens with zero attached hydrogens (tertiary/aromatic N) is 3. The molecule has 0 radical (unpaired) electrons. The number of hydrogen-bond donors (Lipinski definition) is 1. The maximum absolute atomic E-state index is 12.6. The highest BCUT2D eigenvalue weighted by Gasteiger charge is 2.37. The highest BCUT2D eigenvalue weighted by molar-refractivity contribution is 5.79. The van der Waals surface area contributed by atoms with Crippen molar-refractivity contribution in [3.63, 3.8) is 0 Å². The van der Waals surface area contributed by atoms with E-state index in [9.17, 15) is 4.79 Å². The van der Waals surface area contributed by atoms with Crippen molar-refractivity contribution in [2.24, 2.45) is 11.8 Å². The van der Waals surface area contributed by atoms with Crippen LogP contribution < -0.4 is 5.32 Å². The molecule has 1 aromatic rings. The molecule has 128 valence electrons. The predicted molar refractivity (Wildman–Crippen MR) is 87.9 cm³/mol. The van der Waals surface area contributed by atoms with E-state index in [1.54, 1.807) is 0 Å². The Balaban J connectivity index is 1.59. The molecule has 6 nitrogen and oxygen atoms in total. The van der Waals surface area contributed by atoms with Crippen LogP contribution in [0.15, 0.2) is 12.4 Å². The number of carbonyl (C=O) groups is 1. The lowest BCUT2D eigenvalue weighted by atomic mass is 9.96. The van der Waals surface area contributed by atoms with Gasteiger partial charge in [-0.25, -0.2) is 0 Å². The molecule has 0 unspecified atom stereocenters. The van der Waals surface area contributed by atoms with Crippen LogP contribution in [0, 0.1) is 11.8 Å². The van der Waals surface area contributed by atoms with Gasteiger partial charge < -0.3 is 15.0 Å². The first-order chi connectivity index (χ1) is 11.1. The third kappa shape index (κ3) is 3.75. The first-order valence-corrected chi connectivity index (χ1v) is 8.68. The number of rotatable bonds is 7. The van der Waals surface area contributed by atoms with Crippen LogP contribution in [0.25, 0.3) is 0 Å². The fraction of sp³-hybridized carbons (Fsp3) is 0.765. The van der Waals surface area contributed by atoms with Crippen LogP contribution in [-0.4, -0.2) is 53.9 Å². The Morgan fingerprint density at radius 1 is 1.48 bits per heavy atom. The average Bonchev–Trinajstić information content (AvgIpc) is 3.05. The van der Waals surface area contributed by atoms with Gasteiger partial charge in [0, 0.05) is 37.5 Å². The Kier molecular flexibility index (Phi) is 5.02. The van der Waals surface area contributed by atoms with E-state index < -0.39 is 0 Å². The minimum atomic E-state index is -0.158. The summed E-state index contributed by atoms with van der Waals surface area (Å²) in [6.45, 7) is 4.25. The molecule has 6 heteroatoms. The molecule has 2 heterocycles. The van der Waals surface area contributed by atoms with Crippen molar-refractivity contribution >= 4 is 5.91 Å². The number of carbonyl (C=O) groups excluding carboxylic acids is 1. The normalized spacial score (nSPS) is 25.7. The Bertz CT molecular complexity index is 536. The first kappa shape index (κ1) is 16.5. The summed E-state index contributed by atoms with van der Waals surface area (Å²) in [5, 5.41) is 7.46. The fourth-order valence-corrected chi connectivity index (χ4v) is 3.47. The lowest BCUT2D eigenvalue weighted by Gasteiger charge is -2.25. The Hall–Kier alpha value is -1.40. The van der Waals surface area contributed by atoms with Crippen molar-refractivity contribution in [3.05, 3.63) is 18.0 Å². The summed E-state index contributed by atoms with van der Waals surface area (Å²) in [6, 6.07) is 0.447. The summed E-state index contributed by atoms with van der Waals surface area (Å²) in [5.74, 6) is 0.750. The van der Waals surface area contributed by atoms with E-state index in [2.05, 4.69) is 36.3 Å². The molecule has 1 N–H and O–H groups in total.